The van der Waals surface area contributed by atoms with E-state index in [4.69, 9.17) is 10.5 Å². The van der Waals surface area contributed by atoms with Gasteiger partial charge >= 0.3 is 0 Å². The van der Waals surface area contributed by atoms with Gasteiger partial charge in [-0.3, -0.25) is 9.88 Å². The van der Waals surface area contributed by atoms with E-state index in [1.54, 1.807) is 13.3 Å². The first-order chi connectivity index (χ1) is 8.19. The number of likely N-dealkylation sites (tertiary alicyclic amines) is 1. The Morgan fingerprint density at radius 2 is 2.35 bits per heavy atom. The lowest BCUT2D eigenvalue weighted by molar-refractivity contribution is -0.00778. The van der Waals surface area contributed by atoms with Crippen LogP contribution in [0, 0.1) is 5.92 Å². The quantitative estimate of drug-likeness (QED) is 0.863. The third-order valence-corrected chi connectivity index (χ3v) is 3.51. The zero-order valence-electron chi connectivity index (χ0n) is 10.6. The van der Waals surface area contributed by atoms with Crippen LogP contribution in [0.25, 0.3) is 0 Å². The Morgan fingerprint density at radius 1 is 1.53 bits per heavy atom. The average molecular weight is 235 g/mol. The van der Waals surface area contributed by atoms with Gasteiger partial charge in [0, 0.05) is 20.2 Å². The largest absolute Gasteiger partial charge is 0.397 e. The number of nitrogen functional groups attached to an aromatic ring is 1. The number of pyridine rings is 1. The van der Waals surface area contributed by atoms with Gasteiger partial charge < -0.3 is 10.5 Å². The lowest BCUT2D eigenvalue weighted by Crippen LogP contribution is -2.43. The maximum atomic E-state index is 5.63. The molecule has 1 aliphatic heterocycles. The topological polar surface area (TPSA) is 51.4 Å². The van der Waals surface area contributed by atoms with Crippen molar-refractivity contribution in [3.8, 4) is 0 Å². The Labute approximate surface area is 103 Å². The van der Waals surface area contributed by atoms with Crippen LogP contribution in [0.4, 0.5) is 5.69 Å². The number of ether oxygens (including phenoxy) is 1. The van der Waals surface area contributed by atoms with Crippen LogP contribution >= 0.6 is 0 Å². The van der Waals surface area contributed by atoms with Crippen molar-refractivity contribution in [2.45, 2.75) is 26.0 Å². The summed E-state index contributed by atoms with van der Waals surface area (Å²) in [6.07, 6.45) is 3.25. The highest BCUT2D eigenvalue weighted by atomic mass is 16.5. The van der Waals surface area contributed by atoms with Gasteiger partial charge in [-0.25, -0.2) is 0 Å². The molecule has 1 saturated heterocycles. The smallest absolute Gasteiger partial charge is 0.0724 e. The monoisotopic (exact) mass is 235 g/mol. The second-order valence-electron chi connectivity index (χ2n) is 4.86. The van der Waals surface area contributed by atoms with E-state index in [0.29, 0.717) is 12.0 Å². The lowest BCUT2D eigenvalue weighted by atomic mass is 9.96. The van der Waals surface area contributed by atoms with Crippen molar-refractivity contribution < 1.29 is 4.74 Å². The van der Waals surface area contributed by atoms with Crippen molar-refractivity contribution >= 4 is 5.69 Å². The molecule has 2 rings (SSSR count). The zero-order chi connectivity index (χ0) is 12.3. The van der Waals surface area contributed by atoms with Gasteiger partial charge in [-0.05, 0) is 31.0 Å². The van der Waals surface area contributed by atoms with Gasteiger partial charge in [0.05, 0.1) is 23.7 Å². The standard InChI is InChI=1S/C13H21N3O/c1-10-5-6-16(9-13(10)17-2)8-12-4-3-11(14)7-15-12/h3-4,7,10,13H,5-6,8-9,14H2,1-2H3. The molecule has 1 aliphatic rings. The maximum absolute atomic E-state index is 5.63. The molecular formula is C13H21N3O. The molecule has 0 aliphatic carbocycles. The van der Waals surface area contributed by atoms with Crippen molar-refractivity contribution in [3.63, 3.8) is 0 Å². The minimum Gasteiger partial charge on any atom is -0.397 e. The Hall–Kier alpha value is -1.13. The van der Waals surface area contributed by atoms with E-state index >= 15 is 0 Å². The summed E-state index contributed by atoms with van der Waals surface area (Å²) in [5, 5.41) is 0. The number of nitrogens with zero attached hydrogens (tertiary/aromatic N) is 2. The van der Waals surface area contributed by atoms with Crippen molar-refractivity contribution in [1.29, 1.82) is 0 Å². The molecule has 0 spiro atoms. The SMILES string of the molecule is COC1CN(Cc2ccc(N)cn2)CCC1C. The number of aromatic nitrogens is 1. The average Bonchev–Trinajstić information content (AvgIpc) is 2.34. The summed E-state index contributed by atoms with van der Waals surface area (Å²) < 4.78 is 5.51. The van der Waals surface area contributed by atoms with E-state index in [-0.39, 0.29) is 0 Å². The number of rotatable bonds is 3. The van der Waals surface area contributed by atoms with E-state index in [2.05, 4.69) is 16.8 Å². The molecule has 0 saturated carbocycles. The summed E-state index contributed by atoms with van der Waals surface area (Å²) in [7, 11) is 1.80. The van der Waals surface area contributed by atoms with E-state index in [1.807, 2.05) is 12.1 Å². The molecule has 1 aromatic rings. The lowest BCUT2D eigenvalue weighted by Gasteiger charge is -2.35. The summed E-state index contributed by atoms with van der Waals surface area (Å²) in [6.45, 7) is 5.25. The van der Waals surface area contributed by atoms with Crippen LogP contribution in [0.5, 0.6) is 0 Å². The van der Waals surface area contributed by atoms with Gasteiger partial charge in [-0.1, -0.05) is 6.92 Å². The number of hydrogen-bond acceptors (Lipinski definition) is 4. The molecular weight excluding hydrogens is 214 g/mol. The molecule has 1 aromatic heterocycles. The molecule has 1 fully saturated rings. The van der Waals surface area contributed by atoms with Crippen LogP contribution in [0.2, 0.25) is 0 Å². The van der Waals surface area contributed by atoms with Gasteiger partial charge in [-0.2, -0.15) is 0 Å². The van der Waals surface area contributed by atoms with Crippen molar-refractivity contribution in [2.75, 3.05) is 25.9 Å². The second kappa shape index (κ2) is 5.47. The molecule has 2 unspecified atom stereocenters. The Kier molecular flexibility index (Phi) is 3.97. The Balaban J connectivity index is 1.93. The first-order valence-corrected chi connectivity index (χ1v) is 6.14. The first kappa shape index (κ1) is 12.3. The van der Waals surface area contributed by atoms with E-state index in [0.717, 1.165) is 31.0 Å². The van der Waals surface area contributed by atoms with Gasteiger partial charge in [0.15, 0.2) is 0 Å². The zero-order valence-corrected chi connectivity index (χ0v) is 10.6. The first-order valence-electron chi connectivity index (χ1n) is 6.14. The molecule has 0 radical (unpaired) electrons. The molecule has 94 valence electrons. The number of piperidine rings is 1. The van der Waals surface area contributed by atoms with Crippen LogP contribution in [-0.2, 0) is 11.3 Å². The minimum atomic E-state index is 0.345. The van der Waals surface area contributed by atoms with Crippen LogP contribution in [0.1, 0.15) is 19.0 Å². The molecule has 2 atom stereocenters. The van der Waals surface area contributed by atoms with Crippen LogP contribution in [-0.4, -0.2) is 36.2 Å². The highest BCUT2D eigenvalue weighted by Crippen LogP contribution is 2.20. The highest BCUT2D eigenvalue weighted by molar-refractivity contribution is 5.34. The summed E-state index contributed by atoms with van der Waals surface area (Å²) in [6, 6.07) is 3.90. The van der Waals surface area contributed by atoms with E-state index in [9.17, 15) is 0 Å². The van der Waals surface area contributed by atoms with Gasteiger partial charge in [-0.15, -0.1) is 0 Å². The molecule has 4 heteroatoms. The molecule has 4 nitrogen and oxygen atoms in total. The Morgan fingerprint density at radius 3 is 3.00 bits per heavy atom. The van der Waals surface area contributed by atoms with Crippen molar-refractivity contribution in [2.24, 2.45) is 5.92 Å². The number of hydrogen-bond donors (Lipinski definition) is 1. The van der Waals surface area contributed by atoms with Crippen molar-refractivity contribution in [1.82, 2.24) is 9.88 Å². The van der Waals surface area contributed by atoms with Crippen molar-refractivity contribution in [3.05, 3.63) is 24.0 Å². The van der Waals surface area contributed by atoms with E-state index < -0.39 is 0 Å². The number of anilines is 1. The summed E-state index contributed by atoms with van der Waals surface area (Å²) >= 11 is 0. The number of nitrogens with two attached hydrogens (primary N) is 1. The van der Waals surface area contributed by atoms with Gasteiger partial charge in [0.1, 0.15) is 0 Å². The maximum Gasteiger partial charge on any atom is 0.0724 e. The fourth-order valence-corrected chi connectivity index (χ4v) is 2.31. The molecule has 0 amide bonds. The summed E-state index contributed by atoms with van der Waals surface area (Å²) in [4.78, 5) is 6.73. The van der Waals surface area contributed by atoms with Crippen LogP contribution in [0.3, 0.4) is 0 Å². The molecule has 17 heavy (non-hydrogen) atoms. The molecule has 2 heterocycles. The fraction of sp³-hybridized carbons (Fsp3) is 0.615. The predicted octanol–water partition coefficient (Wildman–Crippen LogP) is 1.52. The second-order valence-corrected chi connectivity index (χ2v) is 4.86. The molecule has 0 bridgehead atoms. The summed E-state index contributed by atoms with van der Waals surface area (Å²) in [5.74, 6) is 0.649. The van der Waals surface area contributed by atoms with Crippen LogP contribution in [0.15, 0.2) is 18.3 Å². The normalized spacial score (nSPS) is 26.0. The van der Waals surface area contributed by atoms with Crippen LogP contribution < -0.4 is 5.73 Å². The minimum absolute atomic E-state index is 0.345. The fourth-order valence-electron chi connectivity index (χ4n) is 2.31. The third-order valence-electron chi connectivity index (χ3n) is 3.51. The Bertz CT molecular complexity index is 352. The molecule has 2 N–H and O–H groups in total. The van der Waals surface area contributed by atoms with Gasteiger partial charge in [0.25, 0.3) is 0 Å². The van der Waals surface area contributed by atoms with Gasteiger partial charge in [0.2, 0.25) is 0 Å². The molecule has 0 aromatic carbocycles. The summed E-state index contributed by atoms with van der Waals surface area (Å²) in [5.41, 5.74) is 7.42. The van der Waals surface area contributed by atoms with E-state index in [1.165, 1.54) is 6.42 Å². The predicted molar refractivity (Wildman–Crippen MR) is 68.5 cm³/mol. The third kappa shape index (κ3) is 3.17. The highest BCUT2D eigenvalue weighted by Gasteiger charge is 2.25. The number of methoxy groups -OCH3 is 1.